The van der Waals surface area contributed by atoms with E-state index in [2.05, 4.69) is 4.98 Å². The molecule has 1 heterocycles. The molecule has 0 bridgehead atoms. The average molecular weight is 196 g/mol. The maximum absolute atomic E-state index is 9.36. The van der Waals surface area contributed by atoms with Crippen LogP contribution in [-0.2, 0) is 0 Å². The topological polar surface area (TPSA) is 56.6 Å². The van der Waals surface area contributed by atoms with Gasteiger partial charge in [0.15, 0.2) is 0 Å². The first-order valence-corrected chi connectivity index (χ1v) is 4.61. The second-order valence-corrected chi connectivity index (χ2v) is 3.27. The van der Waals surface area contributed by atoms with Crippen molar-refractivity contribution in [1.29, 1.82) is 0 Å². The summed E-state index contributed by atoms with van der Waals surface area (Å²) < 4.78 is 0. The summed E-state index contributed by atoms with van der Waals surface area (Å²) in [5.41, 5.74) is 0.833. The largest absolute Gasteiger partial charge is 0.395 e. The first kappa shape index (κ1) is 10.9. The zero-order valence-corrected chi connectivity index (χ0v) is 8.51. The van der Waals surface area contributed by atoms with Crippen LogP contribution >= 0.6 is 0 Å². The van der Waals surface area contributed by atoms with Gasteiger partial charge in [-0.25, -0.2) is 4.98 Å². The molecule has 0 aliphatic heterocycles. The van der Waals surface area contributed by atoms with E-state index in [-0.39, 0.29) is 6.61 Å². The third-order valence-electron chi connectivity index (χ3n) is 2.08. The molecule has 4 heteroatoms. The Morgan fingerprint density at radius 2 is 2.29 bits per heavy atom. The van der Waals surface area contributed by atoms with Gasteiger partial charge in [-0.15, -0.1) is 0 Å². The lowest BCUT2D eigenvalue weighted by Gasteiger charge is -2.17. The molecule has 4 nitrogen and oxygen atoms in total. The Labute approximate surface area is 83.8 Å². The predicted molar refractivity (Wildman–Crippen MR) is 55.2 cm³/mol. The second kappa shape index (κ2) is 4.93. The van der Waals surface area contributed by atoms with Gasteiger partial charge in [-0.2, -0.15) is 0 Å². The number of aromatic nitrogens is 1. The number of rotatable bonds is 4. The van der Waals surface area contributed by atoms with Gasteiger partial charge in [0.25, 0.3) is 0 Å². The minimum atomic E-state index is -0.487. The zero-order chi connectivity index (χ0) is 10.6. The second-order valence-electron chi connectivity index (χ2n) is 3.27. The number of aliphatic hydroxyl groups excluding tert-OH is 2. The Morgan fingerprint density at radius 1 is 1.57 bits per heavy atom. The van der Waals surface area contributed by atoms with Crippen molar-refractivity contribution < 1.29 is 10.2 Å². The Morgan fingerprint density at radius 3 is 2.86 bits per heavy atom. The molecule has 0 aliphatic rings. The molecule has 1 atom stereocenters. The van der Waals surface area contributed by atoms with E-state index in [4.69, 9.17) is 5.11 Å². The summed E-state index contributed by atoms with van der Waals surface area (Å²) in [5.74, 6) is 0.762. The van der Waals surface area contributed by atoms with E-state index in [0.29, 0.717) is 6.54 Å². The van der Waals surface area contributed by atoms with Crippen molar-refractivity contribution >= 4 is 5.82 Å². The van der Waals surface area contributed by atoms with Gasteiger partial charge in [-0.1, -0.05) is 0 Å². The van der Waals surface area contributed by atoms with E-state index in [9.17, 15) is 5.11 Å². The van der Waals surface area contributed by atoms with Crippen molar-refractivity contribution in [2.45, 2.75) is 13.0 Å². The van der Waals surface area contributed by atoms with Crippen molar-refractivity contribution in [3.8, 4) is 0 Å². The maximum Gasteiger partial charge on any atom is 0.128 e. The summed E-state index contributed by atoms with van der Waals surface area (Å²) in [4.78, 5) is 5.98. The van der Waals surface area contributed by atoms with Crippen LogP contribution in [0.5, 0.6) is 0 Å². The number of likely N-dealkylation sites (N-methyl/N-ethyl adjacent to an activating group) is 1. The molecule has 0 aromatic carbocycles. The van der Waals surface area contributed by atoms with Crippen LogP contribution < -0.4 is 4.90 Å². The molecule has 0 unspecified atom stereocenters. The molecule has 0 aliphatic carbocycles. The Kier molecular flexibility index (Phi) is 3.85. The molecule has 1 aromatic heterocycles. The third-order valence-corrected chi connectivity index (χ3v) is 2.08. The molecular formula is C10H16N2O2. The fourth-order valence-corrected chi connectivity index (χ4v) is 1.17. The highest BCUT2D eigenvalue weighted by molar-refractivity contribution is 5.40. The van der Waals surface area contributed by atoms with Gasteiger partial charge >= 0.3 is 0 Å². The summed E-state index contributed by atoms with van der Waals surface area (Å²) in [6, 6.07) is 3.60. The molecule has 2 N–H and O–H groups in total. The molecule has 78 valence electrons. The molecule has 1 aromatic rings. The number of nitrogens with zero attached hydrogens (tertiary/aromatic N) is 2. The van der Waals surface area contributed by atoms with Gasteiger partial charge in [0.05, 0.1) is 12.7 Å². The summed E-state index contributed by atoms with van der Waals surface area (Å²) >= 11 is 0. The van der Waals surface area contributed by atoms with Crippen molar-refractivity contribution in [3.63, 3.8) is 0 Å². The smallest absolute Gasteiger partial charge is 0.128 e. The summed E-state index contributed by atoms with van der Waals surface area (Å²) in [5, 5.41) is 18.1. The molecule has 1 rings (SSSR count). The summed E-state index contributed by atoms with van der Waals surface area (Å²) in [6.07, 6.45) is 1.17. The van der Waals surface area contributed by atoms with Gasteiger partial charge in [0.1, 0.15) is 5.82 Å². The molecule has 14 heavy (non-hydrogen) atoms. The number of aliphatic hydroxyl groups is 2. The average Bonchev–Trinajstić information content (AvgIpc) is 2.18. The first-order chi connectivity index (χ1) is 6.65. The quantitative estimate of drug-likeness (QED) is 0.739. The molecule has 0 saturated heterocycles. The molecule has 0 radical (unpaired) electrons. The monoisotopic (exact) mass is 196 g/mol. The van der Waals surface area contributed by atoms with Crippen LogP contribution in [0.1, 0.15) is 18.6 Å². The van der Waals surface area contributed by atoms with Crippen LogP contribution in [0.25, 0.3) is 0 Å². The van der Waals surface area contributed by atoms with Gasteiger partial charge < -0.3 is 15.1 Å². The minimum Gasteiger partial charge on any atom is -0.395 e. The van der Waals surface area contributed by atoms with Gasteiger partial charge in [0.2, 0.25) is 0 Å². The summed E-state index contributed by atoms with van der Waals surface area (Å²) in [7, 11) is 1.85. The van der Waals surface area contributed by atoms with Gasteiger partial charge in [-0.3, -0.25) is 0 Å². The summed E-state index contributed by atoms with van der Waals surface area (Å²) in [6.45, 7) is 2.35. The normalized spacial score (nSPS) is 12.6. The van der Waals surface area contributed by atoms with Gasteiger partial charge in [0, 0.05) is 19.8 Å². The Bertz CT molecular complexity index is 289. The lowest BCUT2D eigenvalue weighted by molar-refractivity contribution is 0.199. The lowest BCUT2D eigenvalue weighted by Crippen LogP contribution is -2.22. The molecule has 0 spiro atoms. The first-order valence-electron chi connectivity index (χ1n) is 4.61. The zero-order valence-electron chi connectivity index (χ0n) is 8.51. The van der Waals surface area contributed by atoms with Crippen LogP contribution in [0.15, 0.2) is 18.3 Å². The highest BCUT2D eigenvalue weighted by atomic mass is 16.3. The van der Waals surface area contributed by atoms with Gasteiger partial charge in [-0.05, 0) is 24.6 Å². The van der Waals surface area contributed by atoms with E-state index < -0.39 is 6.10 Å². The minimum absolute atomic E-state index is 0.0943. The van der Waals surface area contributed by atoms with Crippen LogP contribution in [0, 0.1) is 0 Å². The van der Waals surface area contributed by atoms with E-state index in [1.807, 2.05) is 18.0 Å². The van der Waals surface area contributed by atoms with E-state index >= 15 is 0 Å². The SMILES string of the molecule is C[C@H](O)c1ccnc(N(C)CCO)c1. The van der Waals surface area contributed by atoms with Crippen LogP contribution in [0.4, 0.5) is 5.82 Å². The molecule has 0 amide bonds. The molecular weight excluding hydrogens is 180 g/mol. The fourth-order valence-electron chi connectivity index (χ4n) is 1.17. The van der Waals surface area contributed by atoms with Crippen molar-refractivity contribution in [3.05, 3.63) is 23.9 Å². The number of hydrogen-bond donors (Lipinski definition) is 2. The lowest BCUT2D eigenvalue weighted by atomic mass is 10.2. The van der Waals surface area contributed by atoms with E-state index in [1.54, 1.807) is 19.2 Å². The van der Waals surface area contributed by atoms with Crippen molar-refractivity contribution in [1.82, 2.24) is 4.98 Å². The number of hydrogen-bond acceptors (Lipinski definition) is 4. The number of anilines is 1. The van der Waals surface area contributed by atoms with Crippen LogP contribution in [0.2, 0.25) is 0 Å². The van der Waals surface area contributed by atoms with E-state index in [1.165, 1.54) is 0 Å². The van der Waals surface area contributed by atoms with Crippen LogP contribution in [-0.4, -0.2) is 35.4 Å². The highest BCUT2D eigenvalue weighted by Gasteiger charge is 2.05. The predicted octanol–water partition coefficient (Wildman–Crippen LogP) is 0.563. The third kappa shape index (κ3) is 2.68. The van der Waals surface area contributed by atoms with Crippen molar-refractivity contribution in [2.24, 2.45) is 0 Å². The highest BCUT2D eigenvalue weighted by Crippen LogP contribution is 2.16. The van der Waals surface area contributed by atoms with Crippen molar-refractivity contribution in [2.75, 3.05) is 25.1 Å². The molecule has 0 fully saturated rings. The Hall–Kier alpha value is -1.13. The van der Waals surface area contributed by atoms with Crippen LogP contribution in [0.3, 0.4) is 0 Å². The fraction of sp³-hybridized carbons (Fsp3) is 0.500. The standard InChI is InChI=1S/C10H16N2O2/c1-8(14)9-3-4-11-10(7-9)12(2)5-6-13/h3-4,7-8,13-14H,5-6H2,1-2H3/t8-/m0/s1. The number of pyridine rings is 1. The van der Waals surface area contributed by atoms with E-state index in [0.717, 1.165) is 11.4 Å². The Balaban J connectivity index is 2.82. The molecule has 0 saturated carbocycles. The maximum atomic E-state index is 9.36.